The molecule has 10 heteroatoms. The molecular formula is C15H13N3O6S. The van der Waals surface area contributed by atoms with E-state index in [2.05, 4.69) is 14.4 Å². The summed E-state index contributed by atoms with van der Waals surface area (Å²) in [5.41, 5.74) is 0.631. The predicted octanol–water partition coefficient (Wildman–Crippen LogP) is 0.963. The third-order valence-corrected chi connectivity index (χ3v) is 4.76. The minimum Gasteiger partial charge on any atom is -0.468 e. The second kappa shape index (κ2) is 6.40. The summed E-state index contributed by atoms with van der Waals surface area (Å²) in [6, 6.07) is 7.05. The van der Waals surface area contributed by atoms with E-state index in [1.165, 1.54) is 37.7 Å². The quantitative estimate of drug-likeness (QED) is 0.670. The number of carbonyl (C=O) groups is 1. The van der Waals surface area contributed by atoms with Crippen molar-refractivity contribution in [3.8, 4) is 0 Å². The van der Waals surface area contributed by atoms with Crippen LogP contribution in [0.3, 0.4) is 0 Å². The number of aromatic nitrogens is 2. The smallest absolute Gasteiger partial charge is 0.420 e. The molecule has 1 N–H and O–H groups in total. The third kappa shape index (κ3) is 3.38. The van der Waals surface area contributed by atoms with Crippen molar-refractivity contribution in [3.05, 3.63) is 53.3 Å². The molecule has 1 aromatic carbocycles. The maximum absolute atomic E-state index is 12.4. The Hall–Kier alpha value is -3.14. The lowest BCUT2D eigenvalue weighted by Gasteiger charge is -2.07. The van der Waals surface area contributed by atoms with Gasteiger partial charge >= 0.3 is 11.7 Å². The molecule has 0 amide bonds. The van der Waals surface area contributed by atoms with E-state index < -0.39 is 21.7 Å². The minimum atomic E-state index is -3.89. The Bertz CT molecular complexity index is 1090. The van der Waals surface area contributed by atoms with E-state index in [-0.39, 0.29) is 22.5 Å². The molecule has 0 saturated heterocycles. The summed E-state index contributed by atoms with van der Waals surface area (Å²) < 4.78 is 37.8. The number of oxazole rings is 1. The Labute approximate surface area is 141 Å². The van der Waals surface area contributed by atoms with E-state index in [9.17, 15) is 18.0 Å². The summed E-state index contributed by atoms with van der Waals surface area (Å²) in [7, 11) is -2.69. The summed E-state index contributed by atoms with van der Waals surface area (Å²) in [4.78, 5) is 27.0. The second-order valence-electron chi connectivity index (χ2n) is 5.01. The van der Waals surface area contributed by atoms with Gasteiger partial charge in [-0.3, -0.25) is 19.1 Å². The Morgan fingerprint density at radius 1 is 1.36 bits per heavy atom. The van der Waals surface area contributed by atoms with E-state index in [1.54, 1.807) is 12.1 Å². The molecule has 0 atom stereocenters. The highest BCUT2D eigenvalue weighted by molar-refractivity contribution is 7.92. The van der Waals surface area contributed by atoms with Crippen LogP contribution in [0.25, 0.3) is 11.1 Å². The van der Waals surface area contributed by atoms with Crippen LogP contribution in [0.1, 0.15) is 0 Å². The monoisotopic (exact) mass is 363 g/mol. The number of nitrogens with zero attached hydrogens (tertiary/aromatic N) is 2. The minimum absolute atomic E-state index is 0.0444. The molecule has 0 saturated carbocycles. The van der Waals surface area contributed by atoms with E-state index in [0.29, 0.717) is 5.69 Å². The van der Waals surface area contributed by atoms with Crippen LogP contribution in [0.15, 0.2) is 56.8 Å². The fraction of sp³-hybridized carbons (Fsp3) is 0.133. The molecule has 2 heterocycles. The average molecular weight is 363 g/mol. The molecule has 0 radical (unpaired) electrons. The number of hydrogen-bond donors (Lipinski definition) is 1. The summed E-state index contributed by atoms with van der Waals surface area (Å²) in [6.07, 6.45) is 2.88. The molecule has 0 bridgehead atoms. The van der Waals surface area contributed by atoms with Gasteiger partial charge in [0.05, 0.1) is 29.4 Å². The van der Waals surface area contributed by atoms with Gasteiger partial charge in [0.1, 0.15) is 6.54 Å². The first-order valence-corrected chi connectivity index (χ1v) is 8.52. The van der Waals surface area contributed by atoms with Crippen LogP contribution in [0, 0.1) is 0 Å². The molecule has 2 aromatic heterocycles. The molecule has 0 aliphatic rings. The number of sulfonamides is 1. The van der Waals surface area contributed by atoms with Gasteiger partial charge in [-0.05, 0) is 24.3 Å². The molecule has 0 spiro atoms. The third-order valence-electron chi connectivity index (χ3n) is 3.38. The van der Waals surface area contributed by atoms with Crippen molar-refractivity contribution in [1.29, 1.82) is 0 Å². The number of rotatable bonds is 5. The van der Waals surface area contributed by atoms with Gasteiger partial charge in [0, 0.05) is 12.3 Å². The highest BCUT2D eigenvalue weighted by Gasteiger charge is 2.19. The molecule has 0 aliphatic carbocycles. The molecule has 3 rings (SSSR count). The highest BCUT2D eigenvalue weighted by atomic mass is 32.2. The van der Waals surface area contributed by atoms with Gasteiger partial charge in [0.15, 0.2) is 5.58 Å². The zero-order valence-corrected chi connectivity index (χ0v) is 13.8. The Morgan fingerprint density at radius 2 is 2.16 bits per heavy atom. The maximum atomic E-state index is 12.4. The number of hydrogen-bond acceptors (Lipinski definition) is 7. The second-order valence-corrected chi connectivity index (χ2v) is 6.69. The van der Waals surface area contributed by atoms with Crippen molar-refractivity contribution in [2.24, 2.45) is 0 Å². The Balaban J connectivity index is 1.99. The number of nitrogens with one attached hydrogen (secondary N) is 1. The number of benzene rings is 1. The normalized spacial score (nSPS) is 11.4. The molecule has 0 fully saturated rings. The van der Waals surface area contributed by atoms with Crippen LogP contribution < -0.4 is 10.5 Å². The Kier molecular flexibility index (Phi) is 4.28. The van der Waals surface area contributed by atoms with Crippen molar-refractivity contribution >= 4 is 32.8 Å². The lowest BCUT2D eigenvalue weighted by Crippen LogP contribution is -2.20. The van der Waals surface area contributed by atoms with Crippen LogP contribution in [-0.4, -0.2) is 31.0 Å². The molecule has 9 nitrogen and oxygen atoms in total. The molecule has 130 valence electrons. The predicted molar refractivity (Wildman–Crippen MR) is 87.5 cm³/mol. The zero-order valence-electron chi connectivity index (χ0n) is 13.0. The largest absolute Gasteiger partial charge is 0.468 e. The summed E-state index contributed by atoms with van der Waals surface area (Å²) >= 11 is 0. The number of ether oxygens (including phenoxy) is 1. The molecule has 3 aromatic rings. The molecular weight excluding hydrogens is 350 g/mol. The van der Waals surface area contributed by atoms with Crippen LogP contribution >= 0.6 is 0 Å². The van der Waals surface area contributed by atoms with Gasteiger partial charge in [0.25, 0.3) is 10.0 Å². The van der Waals surface area contributed by atoms with E-state index in [4.69, 9.17) is 4.42 Å². The van der Waals surface area contributed by atoms with Crippen molar-refractivity contribution in [1.82, 2.24) is 9.55 Å². The summed E-state index contributed by atoms with van der Waals surface area (Å²) in [5.74, 6) is -1.41. The molecule has 25 heavy (non-hydrogen) atoms. The number of methoxy groups -OCH3 is 1. The number of pyridine rings is 1. The van der Waals surface area contributed by atoms with Gasteiger partial charge < -0.3 is 9.15 Å². The number of fused-ring (bicyclic) bond motifs is 1. The van der Waals surface area contributed by atoms with Gasteiger partial charge in [-0.2, -0.15) is 0 Å². The van der Waals surface area contributed by atoms with Gasteiger partial charge in [-0.1, -0.05) is 0 Å². The van der Waals surface area contributed by atoms with Crippen molar-refractivity contribution in [2.75, 3.05) is 11.8 Å². The van der Waals surface area contributed by atoms with Gasteiger partial charge in [0.2, 0.25) is 0 Å². The van der Waals surface area contributed by atoms with Crippen LogP contribution in [0.5, 0.6) is 0 Å². The first-order valence-electron chi connectivity index (χ1n) is 7.04. The first-order chi connectivity index (χ1) is 11.9. The van der Waals surface area contributed by atoms with Crippen molar-refractivity contribution in [3.63, 3.8) is 0 Å². The lowest BCUT2D eigenvalue weighted by atomic mass is 10.3. The molecule has 0 unspecified atom stereocenters. The maximum Gasteiger partial charge on any atom is 0.420 e. The SMILES string of the molecule is COC(=O)Cn1c(=O)oc2cc(S(=O)(=O)Nc3cccnc3)ccc21. The number of carbonyl (C=O) groups excluding carboxylic acids is 1. The van der Waals surface area contributed by atoms with Gasteiger partial charge in [-0.15, -0.1) is 0 Å². The zero-order chi connectivity index (χ0) is 18.0. The van der Waals surface area contributed by atoms with Crippen LogP contribution in [-0.2, 0) is 26.1 Å². The van der Waals surface area contributed by atoms with Gasteiger partial charge in [-0.25, -0.2) is 13.2 Å². The van der Waals surface area contributed by atoms with Crippen LogP contribution in [0.4, 0.5) is 5.69 Å². The summed E-state index contributed by atoms with van der Waals surface area (Å²) in [6.45, 7) is -0.331. The Morgan fingerprint density at radius 3 is 2.84 bits per heavy atom. The lowest BCUT2D eigenvalue weighted by molar-refractivity contribution is -0.141. The fourth-order valence-corrected chi connectivity index (χ4v) is 3.25. The van der Waals surface area contributed by atoms with Crippen LogP contribution in [0.2, 0.25) is 0 Å². The summed E-state index contributed by atoms with van der Waals surface area (Å²) in [5, 5.41) is 0. The number of anilines is 1. The molecule has 0 aliphatic heterocycles. The van der Waals surface area contributed by atoms with Crippen molar-refractivity contribution in [2.45, 2.75) is 11.4 Å². The topological polar surface area (TPSA) is 120 Å². The fourth-order valence-electron chi connectivity index (χ4n) is 2.19. The highest BCUT2D eigenvalue weighted by Crippen LogP contribution is 2.21. The van der Waals surface area contributed by atoms with E-state index >= 15 is 0 Å². The first kappa shape index (κ1) is 16.7. The van der Waals surface area contributed by atoms with Crippen molar-refractivity contribution < 1.29 is 22.4 Å². The standard InChI is InChI=1S/C15H13N3O6S/c1-23-14(19)9-18-12-5-4-11(7-13(12)24-15(18)20)25(21,22)17-10-3-2-6-16-8-10/h2-8,17H,9H2,1H3. The number of esters is 1. The van der Waals surface area contributed by atoms with E-state index in [0.717, 1.165) is 4.57 Å². The van der Waals surface area contributed by atoms with E-state index in [1.807, 2.05) is 0 Å². The average Bonchev–Trinajstić information content (AvgIpc) is 2.90.